The first-order chi connectivity index (χ1) is 32.1. The van der Waals surface area contributed by atoms with Gasteiger partial charge in [0, 0.05) is 17.7 Å². The number of aryl methyl sites for hydroxylation is 1. The third-order valence-electron chi connectivity index (χ3n) is 10.8. The highest BCUT2D eigenvalue weighted by Crippen LogP contribution is 2.41. The van der Waals surface area contributed by atoms with E-state index in [0.29, 0.717) is 0 Å². The first-order valence-corrected chi connectivity index (χ1v) is 19.5. The van der Waals surface area contributed by atoms with Crippen LogP contribution in [0.25, 0.3) is 0 Å². The van der Waals surface area contributed by atoms with Crippen molar-refractivity contribution >= 4 is 28.0 Å². The van der Waals surface area contributed by atoms with Crippen molar-refractivity contribution < 1.29 is 110 Å². The molecule has 0 radical (unpaired) electrons. The predicted octanol–water partition coefficient (Wildman–Crippen LogP) is 13.5. The van der Waals surface area contributed by atoms with Gasteiger partial charge in [0.1, 0.15) is 6.15 Å². The Bertz CT molecular complexity index is 2410. The highest BCUT2D eigenvalue weighted by atomic mass is 19.4. The van der Waals surface area contributed by atoms with Crippen molar-refractivity contribution in [1.82, 2.24) is 0 Å². The van der Waals surface area contributed by atoms with Gasteiger partial charge in [-0.3, -0.25) is 0 Å². The Balaban J connectivity index is 0.000000569. The van der Waals surface area contributed by atoms with Crippen LogP contribution in [0.15, 0.2) is 128 Å². The van der Waals surface area contributed by atoms with Gasteiger partial charge in [0.2, 0.25) is 0 Å². The number of alkyl halides is 24. The predicted molar refractivity (Wildman–Crippen MR) is 207 cm³/mol. The molecule has 6 aromatic rings. The van der Waals surface area contributed by atoms with E-state index in [0.717, 1.165) is 6.54 Å². The Morgan fingerprint density at radius 3 is 0.746 bits per heavy atom. The van der Waals surface area contributed by atoms with E-state index in [2.05, 4.69) is 60.3 Å². The van der Waals surface area contributed by atoms with Gasteiger partial charge in [0.15, 0.2) is 18.9 Å². The summed E-state index contributed by atoms with van der Waals surface area (Å²) in [6.07, 6.45) is -50.6. The summed E-state index contributed by atoms with van der Waals surface area (Å²) in [5.74, 6) is 0. The zero-order valence-corrected chi connectivity index (χ0v) is 34.9. The molecule has 382 valence electrons. The van der Waals surface area contributed by atoms with E-state index in [-0.39, 0.29) is 0 Å². The van der Waals surface area contributed by atoms with Crippen LogP contribution in [-0.2, 0) is 56.0 Å². The number of aromatic nitrogens is 1. The van der Waals surface area contributed by atoms with Crippen LogP contribution < -0.4 is 26.4 Å². The maximum atomic E-state index is 14.2. The molecule has 0 bridgehead atoms. The monoisotopic (exact) mass is 1050 g/mol. The van der Waals surface area contributed by atoms with Crippen LogP contribution in [0, 0.1) is 6.92 Å². The number of hydrogen-bond acceptors (Lipinski definition) is 0. The highest BCUT2D eigenvalue weighted by Gasteiger charge is 2.47. The van der Waals surface area contributed by atoms with E-state index in [1.165, 1.54) is 11.1 Å². The lowest BCUT2D eigenvalue weighted by molar-refractivity contribution is -0.688. The van der Waals surface area contributed by atoms with Crippen LogP contribution >= 0.6 is 0 Å². The molecular weight excluding hydrogens is 1020 g/mol. The Labute approximate surface area is 383 Å². The molecule has 0 aliphatic carbocycles. The van der Waals surface area contributed by atoms with E-state index in [1.54, 1.807) is 0 Å². The van der Waals surface area contributed by atoms with Gasteiger partial charge in [-0.15, -0.1) is 0 Å². The smallest absolute Gasteiger partial charge is 0.201 e. The fourth-order valence-corrected chi connectivity index (χ4v) is 7.59. The van der Waals surface area contributed by atoms with Crippen LogP contribution in [0.3, 0.4) is 0 Å². The molecule has 0 saturated carbocycles. The van der Waals surface area contributed by atoms with Crippen LogP contribution in [0.4, 0.5) is 105 Å². The van der Waals surface area contributed by atoms with Gasteiger partial charge < -0.3 is 0 Å². The third kappa shape index (κ3) is 12.9. The normalized spacial score (nSPS) is 13.5. The van der Waals surface area contributed by atoms with Gasteiger partial charge in [-0.25, -0.2) is 4.57 Å². The zero-order chi connectivity index (χ0) is 53.7. The average molecular weight is 1050 g/mol. The summed E-state index contributed by atoms with van der Waals surface area (Å²) in [5, 5.41) is 0. The minimum absolute atomic E-state index is 0.691. The van der Waals surface area contributed by atoms with E-state index < -0.39 is 195 Å². The van der Waals surface area contributed by atoms with Crippen LogP contribution in [0.1, 0.15) is 55.6 Å². The number of pyridine rings is 1. The quantitative estimate of drug-likeness (QED) is 0.0889. The molecule has 1 nitrogen and oxygen atoms in total. The maximum Gasteiger partial charge on any atom is 0.416 e. The first kappa shape index (κ1) is 55.6. The van der Waals surface area contributed by atoms with Crippen molar-refractivity contribution in [2.75, 3.05) is 0 Å². The van der Waals surface area contributed by atoms with Gasteiger partial charge >= 0.3 is 49.4 Å². The van der Waals surface area contributed by atoms with Crippen LogP contribution in [-0.4, -0.2) is 6.15 Å². The summed E-state index contributed by atoms with van der Waals surface area (Å²) in [5.41, 5.74) is -27.5. The molecule has 0 atom stereocenters. The summed E-state index contributed by atoms with van der Waals surface area (Å²) >= 11 is 0. The molecule has 0 unspecified atom stereocenters. The van der Waals surface area contributed by atoms with Crippen molar-refractivity contribution in [2.24, 2.45) is 0 Å². The second kappa shape index (κ2) is 19.0. The fourth-order valence-electron chi connectivity index (χ4n) is 7.59. The molecule has 0 amide bonds. The maximum absolute atomic E-state index is 14.2. The Morgan fingerprint density at radius 2 is 0.535 bits per heavy atom. The Kier molecular flexibility index (Phi) is 14.9. The zero-order valence-electron chi connectivity index (χ0n) is 34.9. The Morgan fingerprint density at radius 1 is 0.310 bits per heavy atom. The summed E-state index contributed by atoms with van der Waals surface area (Å²) in [4.78, 5) is 0. The molecule has 1 heterocycles. The van der Waals surface area contributed by atoms with E-state index in [9.17, 15) is 105 Å². The van der Waals surface area contributed by atoms with Crippen molar-refractivity contribution in [3.63, 3.8) is 0 Å². The minimum atomic E-state index is -6.13. The average Bonchev–Trinajstić information content (AvgIpc) is 3.22. The molecular formula is C45H26BF24N. The molecule has 0 fully saturated rings. The lowest BCUT2D eigenvalue weighted by atomic mass is 9.12. The van der Waals surface area contributed by atoms with E-state index in [4.69, 9.17) is 0 Å². The lowest BCUT2D eigenvalue weighted by Gasteiger charge is -2.46. The molecule has 0 spiro atoms. The van der Waals surface area contributed by atoms with Gasteiger partial charge in [0.05, 0.1) is 44.5 Å². The molecule has 26 heteroatoms. The summed E-state index contributed by atoms with van der Waals surface area (Å²) in [6, 6.07) is 5.83. The molecule has 5 aromatic carbocycles. The van der Waals surface area contributed by atoms with E-state index in [1.807, 2.05) is 6.07 Å². The number of rotatable bonds is 6. The van der Waals surface area contributed by atoms with Gasteiger partial charge in [-0.2, -0.15) is 127 Å². The molecule has 0 saturated heterocycles. The summed E-state index contributed by atoms with van der Waals surface area (Å²) in [7, 11) is 0. The molecule has 0 aliphatic heterocycles. The third-order valence-corrected chi connectivity index (χ3v) is 10.8. The topological polar surface area (TPSA) is 3.88 Å². The molecule has 71 heavy (non-hydrogen) atoms. The number of hydrogen-bond donors (Lipinski definition) is 0. The second-order valence-corrected chi connectivity index (χ2v) is 15.7. The number of benzene rings is 5. The van der Waals surface area contributed by atoms with Crippen molar-refractivity contribution in [3.8, 4) is 0 Å². The number of halogens is 24. The highest BCUT2D eigenvalue weighted by molar-refractivity contribution is 7.20. The molecule has 0 aliphatic rings. The summed E-state index contributed by atoms with van der Waals surface area (Å²) in [6.45, 7) is 3.10. The number of nitrogens with zero attached hydrogens (tertiary/aromatic N) is 1. The van der Waals surface area contributed by atoms with Gasteiger partial charge in [0.25, 0.3) is 0 Å². The van der Waals surface area contributed by atoms with Crippen molar-refractivity contribution in [1.29, 1.82) is 0 Å². The molecule has 6 rings (SSSR count). The lowest BCUT2D eigenvalue weighted by Crippen LogP contribution is -2.75. The SMILES string of the molecule is Cc1ccccc1C[n+]1ccccc1.FC(F)(F)c1cc([B-](c2cc(C(F)(F)F)cc(C(F)(F)F)c2)(c2cc(C(F)(F)F)cc(C(F)(F)F)c2)c2cc(C(F)(F)F)cc(C(F)(F)F)c2)cc(C(F)(F)F)c1. The fraction of sp³-hybridized carbons (Fsp3) is 0.222. The van der Waals surface area contributed by atoms with Crippen LogP contribution in [0.5, 0.6) is 0 Å². The Hall–Kier alpha value is -6.37. The molecule has 1 aromatic heterocycles. The molecule has 0 N–H and O–H groups in total. The standard InChI is InChI=1S/C32H12BF24.C13H14N/c34-25(35,36)13-1-14(26(37,38)39)6-21(5-13)33(22-7-15(27(40,41)42)2-16(8-22)28(43,44)45,23-9-17(29(46,47)48)3-18(10-23)30(49,50)51)24-11-19(31(52,53)54)4-20(12-24)32(55,56)57;1-12-7-3-4-8-13(12)11-14-9-5-2-6-10-14/h1-12H;2-10H,11H2,1H3/q-1;+1. The van der Waals surface area contributed by atoms with Crippen LogP contribution in [0.2, 0.25) is 0 Å². The van der Waals surface area contributed by atoms with Gasteiger partial charge in [-0.05, 0) is 36.8 Å². The second-order valence-electron chi connectivity index (χ2n) is 15.7. The summed E-state index contributed by atoms with van der Waals surface area (Å²) < 4.78 is 343. The van der Waals surface area contributed by atoms with E-state index >= 15 is 0 Å². The van der Waals surface area contributed by atoms with Crippen molar-refractivity contribution in [3.05, 3.63) is 183 Å². The minimum Gasteiger partial charge on any atom is -0.201 e. The van der Waals surface area contributed by atoms with Gasteiger partial charge in [-0.1, -0.05) is 78.9 Å². The van der Waals surface area contributed by atoms with Crippen molar-refractivity contribution in [2.45, 2.75) is 62.9 Å². The first-order valence-electron chi connectivity index (χ1n) is 19.5. The largest absolute Gasteiger partial charge is 0.416 e.